The van der Waals surface area contributed by atoms with Crippen LogP contribution < -0.4 is 5.32 Å². The first-order valence-electron chi connectivity index (χ1n) is 6.94. The van der Waals surface area contributed by atoms with Crippen LogP contribution in [0.25, 0.3) is 0 Å². The molecule has 112 valence electrons. The van der Waals surface area contributed by atoms with Gasteiger partial charge in [-0.15, -0.1) is 0 Å². The van der Waals surface area contributed by atoms with Crippen LogP contribution in [0.5, 0.6) is 0 Å². The fourth-order valence-electron chi connectivity index (χ4n) is 2.49. The second-order valence-electron chi connectivity index (χ2n) is 5.09. The van der Waals surface area contributed by atoms with Crippen LogP contribution in [0, 0.1) is 18.6 Å². The van der Waals surface area contributed by atoms with E-state index in [9.17, 15) is 8.78 Å². The van der Waals surface area contributed by atoms with Crippen LogP contribution in [0.1, 0.15) is 29.7 Å². The number of hydrogen-bond donors (Lipinski definition) is 1. The van der Waals surface area contributed by atoms with Crippen LogP contribution in [0.15, 0.2) is 40.9 Å². The predicted molar refractivity (Wildman–Crippen MR) is 85.4 cm³/mol. The summed E-state index contributed by atoms with van der Waals surface area (Å²) in [5, 5.41) is 3.39. The number of hydrogen-bond acceptors (Lipinski definition) is 1. The maximum Gasteiger partial charge on any atom is 0.126 e. The zero-order chi connectivity index (χ0) is 15.4. The van der Waals surface area contributed by atoms with Gasteiger partial charge in [-0.05, 0) is 60.8 Å². The van der Waals surface area contributed by atoms with E-state index in [0.29, 0.717) is 12.0 Å². The Morgan fingerprint density at radius 3 is 2.38 bits per heavy atom. The molecule has 1 nitrogen and oxygen atoms in total. The van der Waals surface area contributed by atoms with Gasteiger partial charge in [0.2, 0.25) is 0 Å². The Labute approximate surface area is 132 Å². The van der Waals surface area contributed by atoms with Crippen molar-refractivity contribution < 1.29 is 8.78 Å². The molecule has 2 aromatic carbocycles. The summed E-state index contributed by atoms with van der Waals surface area (Å²) in [5.74, 6) is -1.07. The maximum atomic E-state index is 13.3. The van der Waals surface area contributed by atoms with Crippen molar-refractivity contribution in [2.45, 2.75) is 26.3 Å². The minimum Gasteiger partial charge on any atom is -0.310 e. The van der Waals surface area contributed by atoms with Crippen molar-refractivity contribution in [2.24, 2.45) is 0 Å². The molecule has 0 spiro atoms. The lowest BCUT2D eigenvalue weighted by Crippen LogP contribution is -2.24. The van der Waals surface area contributed by atoms with Crippen LogP contribution >= 0.6 is 15.9 Å². The molecule has 1 atom stereocenters. The fraction of sp³-hybridized carbons (Fsp3) is 0.294. The van der Waals surface area contributed by atoms with Gasteiger partial charge in [0, 0.05) is 16.6 Å². The van der Waals surface area contributed by atoms with E-state index >= 15 is 0 Å². The van der Waals surface area contributed by atoms with Crippen LogP contribution in [0.3, 0.4) is 0 Å². The number of likely N-dealkylation sites (N-methyl/N-ethyl adjacent to an activating group) is 1. The summed E-state index contributed by atoms with van der Waals surface area (Å²) in [6.07, 6.45) is 0.541. The molecule has 0 aliphatic heterocycles. The van der Waals surface area contributed by atoms with Crippen molar-refractivity contribution in [3.05, 3.63) is 69.2 Å². The first-order chi connectivity index (χ1) is 9.99. The molecule has 0 saturated heterocycles. The molecule has 2 aromatic rings. The lowest BCUT2D eigenvalue weighted by Gasteiger charge is -2.21. The van der Waals surface area contributed by atoms with Crippen molar-refractivity contribution in [3.63, 3.8) is 0 Å². The zero-order valence-electron chi connectivity index (χ0n) is 12.1. The van der Waals surface area contributed by atoms with Crippen LogP contribution in [-0.2, 0) is 6.42 Å². The molecule has 21 heavy (non-hydrogen) atoms. The molecule has 1 unspecified atom stereocenters. The minimum absolute atomic E-state index is 0.0219. The Hall–Kier alpha value is -1.26. The lowest BCUT2D eigenvalue weighted by atomic mass is 9.95. The van der Waals surface area contributed by atoms with Crippen molar-refractivity contribution in [1.82, 2.24) is 5.32 Å². The smallest absolute Gasteiger partial charge is 0.126 e. The number of benzene rings is 2. The quantitative estimate of drug-likeness (QED) is 0.803. The maximum absolute atomic E-state index is 13.3. The second kappa shape index (κ2) is 7.14. The van der Waals surface area contributed by atoms with E-state index in [4.69, 9.17) is 0 Å². The fourth-order valence-corrected chi connectivity index (χ4v) is 2.87. The van der Waals surface area contributed by atoms with Crippen LogP contribution in [-0.4, -0.2) is 6.54 Å². The van der Waals surface area contributed by atoms with E-state index in [1.807, 2.05) is 26.0 Å². The topological polar surface area (TPSA) is 12.0 Å². The highest BCUT2D eigenvalue weighted by molar-refractivity contribution is 9.10. The third-order valence-corrected chi connectivity index (χ3v) is 3.92. The SMILES string of the molecule is CCNC(Cc1cc(F)cc(F)c1)c1cc(Br)ccc1C. The van der Waals surface area contributed by atoms with Gasteiger partial charge in [0.1, 0.15) is 11.6 Å². The van der Waals surface area contributed by atoms with Gasteiger partial charge in [-0.1, -0.05) is 28.9 Å². The zero-order valence-corrected chi connectivity index (χ0v) is 13.7. The van der Waals surface area contributed by atoms with Gasteiger partial charge in [-0.25, -0.2) is 8.78 Å². The number of nitrogens with one attached hydrogen (secondary N) is 1. The van der Waals surface area contributed by atoms with Gasteiger partial charge >= 0.3 is 0 Å². The Kier molecular flexibility index (Phi) is 5.48. The molecule has 4 heteroatoms. The van der Waals surface area contributed by atoms with E-state index in [0.717, 1.165) is 28.2 Å². The average molecular weight is 354 g/mol. The normalized spacial score (nSPS) is 12.4. The van der Waals surface area contributed by atoms with E-state index in [2.05, 4.69) is 27.3 Å². The molecule has 1 N–H and O–H groups in total. The number of rotatable bonds is 5. The van der Waals surface area contributed by atoms with Gasteiger partial charge in [0.15, 0.2) is 0 Å². The molecule has 0 radical (unpaired) electrons. The van der Waals surface area contributed by atoms with Gasteiger partial charge in [-0.2, -0.15) is 0 Å². The average Bonchev–Trinajstić information content (AvgIpc) is 2.40. The van der Waals surface area contributed by atoms with Crippen molar-refractivity contribution in [2.75, 3.05) is 6.54 Å². The molecule has 0 aliphatic carbocycles. The molecule has 0 amide bonds. The highest BCUT2D eigenvalue weighted by Crippen LogP contribution is 2.25. The van der Waals surface area contributed by atoms with Crippen molar-refractivity contribution in [3.8, 4) is 0 Å². The summed E-state index contributed by atoms with van der Waals surface area (Å²) in [7, 11) is 0. The highest BCUT2D eigenvalue weighted by atomic mass is 79.9. The molecule has 0 heterocycles. The third kappa shape index (κ3) is 4.35. The van der Waals surface area contributed by atoms with Crippen molar-refractivity contribution >= 4 is 15.9 Å². The molecule has 2 rings (SSSR count). The Bertz CT molecular complexity index is 608. The Morgan fingerprint density at radius 2 is 1.76 bits per heavy atom. The standard InChI is InChI=1S/C17H18BrF2N/c1-3-21-17(16-9-13(18)5-4-11(16)2)8-12-6-14(19)10-15(20)7-12/h4-7,9-10,17,21H,3,8H2,1-2H3. The minimum atomic E-state index is -0.536. The van der Waals surface area contributed by atoms with Crippen LogP contribution in [0.4, 0.5) is 8.78 Å². The van der Waals surface area contributed by atoms with Crippen LogP contribution in [0.2, 0.25) is 0 Å². The largest absolute Gasteiger partial charge is 0.310 e. The summed E-state index contributed by atoms with van der Waals surface area (Å²) in [6, 6.07) is 9.78. The summed E-state index contributed by atoms with van der Waals surface area (Å²) in [4.78, 5) is 0. The van der Waals surface area contributed by atoms with Gasteiger partial charge in [0.05, 0.1) is 0 Å². The van der Waals surface area contributed by atoms with Crippen molar-refractivity contribution in [1.29, 1.82) is 0 Å². The first kappa shape index (κ1) is 16.1. The van der Waals surface area contributed by atoms with Gasteiger partial charge in [-0.3, -0.25) is 0 Å². The summed E-state index contributed by atoms with van der Waals surface area (Å²) >= 11 is 3.48. The van der Waals surface area contributed by atoms with E-state index < -0.39 is 11.6 Å². The summed E-state index contributed by atoms with van der Waals surface area (Å²) < 4.78 is 27.7. The summed E-state index contributed by atoms with van der Waals surface area (Å²) in [5.41, 5.74) is 2.94. The van der Waals surface area contributed by atoms with E-state index in [1.54, 1.807) is 0 Å². The van der Waals surface area contributed by atoms with Gasteiger partial charge < -0.3 is 5.32 Å². The predicted octanol–water partition coefficient (Wildman–Crippen LogP) is 4.93. The molecule has 0 aliphatic rings. The Morgan fingerprint density at radius 1 is 1.10 bits per heavy atom. The molecule has 0 saturated carbocycles. The third-order valence-electron chi connectivity index (χ3n) is 3.43. The molecule has 0 aromatic heterocycles. The van der Waals surface area contributed by atoms with E-state index in [-0.39, 0.29) is 6.04 Å². The monoisotopic (exact) mass is 353 g/mol. The molecule has 0 fully saturated rings. The summed E-state index contributed by atoms with van der Waals surface area (Å²) in [6.45, 7) is 4.85. The molecule has 0 bridgehead atoms. The molecular weight excluding hydrogens is 336 g/mol. The number of halogens is 3. The van der Waals surface area contributed by atoms with Gasteiger partial charge in [0.25, 0.3) is 0 Å². The Balaban J connectivity index is 2.32. The van der Waals surface area contributed by atoms with E-state index in [1.165, 1.54) is 12.1 Å². The first-order valence-corrected chi connectivity index (χ1v) is 7.73. The highest BCUT2D eigenvalue weighted by Gasteiger charge is 2.15. The molecular formula is C17H18BrF2N. The second-order valence-corrected chi connectivity index (χ2v) is 6.01. The number of aryl methyl sites for hydroxylation is 1. The lowest BCUT2D eigenvalue weighted by molar-refractivity contribution is 0.537.